The van der Waals surface area contributed by atoms with E-state index in [-0.39, 0.29) is 6.10 Å². The molecule has 0 aromatic rings. The zero-order valence-corrected chi connectivity index (χ0v) is 10.2. The number of nitrogens with one attached hydrogen (secondary N) is 1. The molecule has 1 rings (SSSR count). The smallest absolute Gasteiger partial charge is 0.0687 e. The molecule has 0 radical (unpaired) electrons. The molecule has 3 heteroatoms. The Bertz CT molecular complexity index is 167. The molecule has 90 valence electrons. The third-order valence-corrected chi connectivity index (χ3v) is 3.09. The summed E-state index contributed by atoms with van der Waals surface area (Å²) in [5.41, 5.74) is 0. The molecule has 0 aromatic heterocycles. The van der Waals surface area contributed by atoms with E-state index in [2.05, 4.69) is 12.2 Å². The van der Waals surface area contributed by atoms with Gasteiger partial charge in [-0.3, -0.25) is 0 Å². The van der Waals surface area contributed by atoms with Gasteiger partial charge in [-0.15, -0.1) is 0 Å². The van der Waals surface area contributed by atoms with Crippen molar-refractivity contribution < 1.29 is 9.84 Å². The van der Waals surface area contributed by atoms with Crippen LogP contribution in [0.2, 0.25) is 0 Å². The van der Waals surface area contributed by atoms with Gasteiger partial charge in [0.1, 0.15) is 0 Å². The average Bonchev–Trinajstić information content (AvgIpc) is 2.66. The minimum absolute atomic E-state index is 0.239. The highest BCUT2D eigenvalue weighted by molar-refractivity contribution is 4.73. The van der Waals surface area contributed by atoms with Gasteiger partial charge in [0.15, 0.2) is 0 Å². The van der Waals surface area contributed by atoms with Gasteiger partial charge >= 0.3 is 0 Å². The maximum Gasteiger partial charge on any atom is 0.0687 e. The van der Waals surface area contributed by atoms with Gasteiger partial charge in [0.05, 0.1) is 12.2 Å². The molecular weight excluding hydrogens is 190 g/mol. The Morgan fingerprint density at radius 2 is 2.13 bits per heavy atom. The largest absolute Gasteiger partial charge is 0.392 e. The van der Waals surface area contributed by atoms with E-state index in [4.69, 9.17) is 4.74 Å². The van der Waals surface area contributed by atoms with Gasteiger partial charge in [-0.05, 0) is 32.1 Å². The van der Waals surface area contributed by atoms with Gasteiger partial charge in [-0.25, -0.2) is 0 Å². The van der Waals surface area contributed by atoms with E-state index in [1.54, 1.807) is 0 Å². The van der Waals surface area contributed by atoms with Crippen LogP contribution in [0, 0.1) is 5.92 Å². The number of rotatable bonds is 6. The number of ether oxygens (including phenoxy) is 1. The lowest BCUT2D eigenvalue weighted by atomic mass is 10.1. The van der Waals surface area contributed by atoms with Gasteiger partial charge in [-0.1, -0.05) is 13.8 Å². The second-order valence-corrected chi connectivity index (χ2v) is 4.99. The predicted octanol–water partition coefficient (Wildman–Crippen LogP) is 1.55. The summed E-state index contributed by atoms with van der Waals surface area (Å²) in [7, 11) is 0. The molecule has 1 aliphatic heterocycles. The quantitative estimate of drug-likeness (QED) is 0.706. The molecule has 0 amide bonds. The van der Waals surface area contributed by atoms with Crippen LogP contribution >= 0.6 is 0 Å². The van der Waals surface area contributed by atoms with E-state index in [0.717, 1.165) is 13.0 Å². The fourth-order valence-electron chi connectivity index (χ4n) is 1.87. The number of aliphatic hydroxyl groups excluding tert-OH is 1. The van der Waals surface area contributed by atoms with Gasteiger partial charge in [-0.2, -0.15) is 0 Å². The highest BCUT2D eigenvalue weighted by Gasteiger charge is 2.19. The van der Waals surface area contributed by atoms with Crippen LogP contribution in [0.5, 0.6) is 0 Å². The minimum atomic E-state index is -0.239. The molecule has 1 aliphatic rings. The van der Waals surface area contributed by atoms with Crippen LogP contribution < -0.4 is 5.32 Å². The second kappa shape index (κ2) is 6.46. The Morgan fingerprint density at radius 1 is 1.40 bits per heavy atom. The summed E-state index contributed by atoms with van der Waals surface area (Å²) in [5, 5.41) is 13.0. The Hall–Kier alpha value is -0.120. The van der Waals surface area contributed by atoms with Crippen molar-refractivity contribution in [2.24, 2.45) is 5.92 Å². The topological polar surface area (TPSA) is 41.5 Å². The first-order chi connectivity index (χ1) is 7.09. The lowest BCUT2D eigenvalue weighted by Gasteiger charge is -2.21. The summed E-state index contributed by atoms with van der Waals surface area (Å²) < 4.78 is 5.58. The van der Waals surface area contributed by atoms with Crippen LogP contribution in [0.1, 0.15) is 40.0 Å². The van der Waals surface area contributed by atoms with Crippen molar-refractivity contribution >= 4 is 0 Å². The molecule has 0 bridgehead atoms. The SMILES string of the molecule is CC(CC1CCCO1)NCC(O)C(C)C. The summed E-state index contributed by atoms with van der Waals surface area (Å²) in [6.07, 6.45) is 3.65. The molecule has 1 saturated heterocycles. The van der Waals surface area contributed by atoms with Gasteiger partial charge < -0.3 is 15.2 Å². The van der Waals surface area contributed by atoms with E-state index in [9.17, 15) is 5.11 Å². The van der Waals surface area contributed by atoms with Gasteiger partial charge in [0.2, 0.25) is 0 Å². The van der Waals surface area contributed by atoms with Crippen molar-refractivity contribution in [2.45, 2.75) is 58.3 Å². The maximum atomic E-state index is 9.64. The molecule has 1 heterocycles. The number of hydrogen-bond donors (Lipinski definition) is 2. The Labute approximate surface area is 93.2 Å². The molecule has 0 saturated carbocycles. The first kappa shape index (κ1) is 12.9. The molecule has 0 spiro atoms. The second-order valence-electron chi connectivity index (χ2n) is 4.99. The maximum absolute atomic E-state index is 9.64. The summed E-state index contributed by atoms with van der Waals surface area (Å²) in [4.78, 5) is 0. The van der Waals surface area contributed by atoms with Crippen LogP contribution in [0.25, 0.3) is 0 Å². The van der Waals surface area contributed by atoms with Crippen LogP contribution in [0.3, 0.4) is 0 Å². The summed E-state index contributed by atoms with van der Waals surface area (Å²) in [6, 6.07) is 0.432. The van der Waals surface area contributed by atoms with E-state index >= 15 is 0 Å². The van der Waals surface area contributed by atoms with Gasteiger partial charge in [0.25, 0.3) is 0 Å². The predicted molar refractivity (Wildman–Crippen MR) is 61.9 cm³/mol. The molecule has 0 aliphatic carbocycles. The Balaban J connectivity index is 2.09. The van der Waals surface area contributed by atoms with Crippen molar-refractivity contribution in [1.82, 2.24) is 5.32 Å². The highest BCUT2D eigenvalue weighted by Crippen LogP contribution is 2.16. The lowest BCUT2D eigenvalue weighted by Crippen LogP contribution is -2.37. The van der Waals surface area contributed by atoms with Crippen molar-refractivity contribution in [2.75, 3.05) is 13.2 Å². The van der Waals surface area contributed by atoms with E-state index in [1.165, 1.54) is 12.8 Å². The lowest BCUT2D eigenvalue weighted by molar-refractivity contribution is 0.0886. The van der Waals surface area contributed by atoms with E-state index in [0.29, 0.717) is 24.6 Å². The average molecular weight is 215 g/mol. The molecule has 3 atom stereocenters. The van der Waals surface area contributed by atoms with Gasteiger partial charge in [0, 0.05) is 19.2 Å². The van der Waals surface area contributed by atoms with Crippen LogP contribution in [0.4, 0.5) is 0 Å². The third-order valence-electron chi connectivity index (χ3n) is 3.09. The number of aliphatic hydroxyl groups is 1. The zero-order chi connectivity index (χ0) is 11.3. The highest BCUT2D eigenvalue weighted by atomic mass is 16.5. The standard InChI is InChI=1S/C12H25NO2/c1-9(2)12(14)8-13-10(3)7-11-5-4-6-15-11/h9-14H,4-8H2,1-3H3. The van der Waals surface area contributed by atoms with Crippen LogP contribution in [-0.4, -0.2) is 36.5 Å². The first-order valence-corrected chi connectivity index (χ1v) is 6.12. The first-order valence-electron chi connectivity index (χ1n) is 6.12. The summed E-state index contributed by atoms with van der Waals surface area (Å²) >= 11 is 0. The van der Waals surface area contributed by atoms with E-state index < -0.39 is 0 Å². The van der Waals surface area contributed by atoms with E-state index in [1.807, 2.05) is 13.8 Å². The number of hydrogen-bond acceptors (Lipinski definition) is 3. The molecule has 1 fully saturated rings. The van der Waals surface area contributed by atoms with Crippen LogP contribution in [0.15, 0.2) is 0 Å². The summed E-state index contributed by atoms with van der Waals surface area (Å²) in [6.45, 7) is 7.85. The molecule has 3 nitrogen and oxygen atoms in total. The summed E-state index contributed by atoms with van der Waals surface area (Å²) in [5.74, 6) is 0.326. The molecule has 2 N–H and O–H groups in total. The zero-order valence-electron chi connectivity index (χ0n) is 10.2. The molecule has 15 heavy (non-hydrogen) atoms. The van der Waals surface area contributed by atoms with Crippen LogP contribution in [-0.2, 0) is 4.74 Å². The van der Waals surface area contributed by atoms with Crippen molar-refractivity contribution in [3.63, 3.8) is 0 Å². The molecule has 0 aromatic carbocycles. The fraction of sp³-hybridized carbons (Fsp3) is 1.00. The third kappa shape index (κ3) is 4.96. The molecular formula is C12H25NO2. The molecule has 3 unspecified atom stereocenters. The van der Waals surface area contributed by atoms with Crippen molar-refractivity contribution in [3.8, 4) is 0 Å². The van der Waals surface area contributed by atoms with Crippen molar-refractivity contribution in [3.05, 3.63) is 0 Å². The normalized spacial score (nSPS) is 25.8. The fourth-order valence-corrected chi connectivity index (χ4v) is 1.87. The Kier molecular flexibility index (Phi) is 5.58. The van der Waals surface area contributed by atoms with Crippen molar-refractivity contribution in [1.29, 1.82) is 0 Å². The Morgan fingerprint density at radius 3 is 2.67 bits per heavy atom. The monoisotopic (exact) mass is 215 g/mol. The minimum Gasteiger partial charge on any atom is -0.392 e.